The lowest BCUT2D eigenvalue weighted by atomic mass is 10.0. The highest BCUT2D eigenvalue weighted by molar-refractivity contribution is 5.90. The van der Waals surface area contributed by atoms with Gasteiger partial charge in [-0.1, -0.05) is 57.5 Å². The van der Waals surface area contributed by atoms with Gasteiger partial charge in [-0.2, -0.15) is 0 Å². The average molecular weight is 469 g/mol. The molecule has 0 spiro atoms. The second-order valence-electron chi connectivity index (χ2n) is 8.08. The topological polar surface area (TPSA) is 97.2 Å². The predicted octanol–water partition coefficient (Wildman–Crippen LogP) is 5.68. The van der Waals surface area contributed by atoms with Crippen LogP contribution >= 0.6 is 0 Å². The molecule has 7 heteroatoms. The monoisotopic (exact) mass is 468 g/mol. The Morgan fingerprint density at radius 2 is 1.62 bits per heavy atom. The van der Waals surface area contributed by atoms with Gasteiger partial charge in [-0.15, -0.1) is 0 Å². The summed E-state index contributed by atoms with van der Waals surface area (Å²) in [6.45, 7) is 4.98. The predicted molar refractivity (Wildman–Crippen MR) is 129 cm³/mol. The van der Waals surface area contributed by atoms with Crippen molar-refractivity contribution in [1.29, 1.82) is 0 Å². The van der Waals surface area contributed by atoms with Crippen molar-refractivity contribution < 1.29 is 29.0 Å². The number of benzene rings is 2. The summed E-state index contributed by atoms with van der Waals surface area (Å²) in [5.74, 6) is 0.318. The standard InChI is InChI=1S/C27H35NO6/c1-3-5-7-9-11-22-19-23(14-17-25(22)33-27(30)31)26(29)34-28-20-21-12-15-24(16-13-21)32-18-10-8-6-4-2/h12-17,19-20H,3-11,18H2,1-2H3,(H,30,31)/p-1. The van der Waals surface area contributed by atoms with Crippen LogP contribution in [0, 0.1) is 0 Å². The minimum absolute atomic E-state index is 0.171. The van der Waals surface area contributed by atoms with Crippen LogP contribution in [0.4, 0.5) is 4.79 Å². The first-order chi connectivity index (χ1) is 16.5. The number of ether oxygens (including phenoxy) is 2. The van der Waals surface area contributed by atoms with E-state index in [1.165, 1.54) is 37.6 Å². The van der Waals surface area contributed by atoms with E-state index in [9.17, 15) is 14.7 Å². The number of oxime groups is 1. The Bertz CT molecular complexity index is 923. The lowest BCUT2D eigenvalue weighted by Crippen LogP contribution is -2.27. The van der Waals surface area contributed by atoms with Gasteiger partial charge in [-0.05, 0) is 72.9 Å². The van der Waals surface area contributed by atoms with Crippen molar-refractivity contribution in [2.24, 2.45) is 5.16 Å². The van der Waals surface area contributed by atoms with Gasteiger partial charge in [0.15, 0.2) is 0 Å². The van der Waals surface area contributed by atoms with E-state index in [1.54, 1.807) is 6.07 Å². The van der Waals surface area contributed by atoms with Crippen molar-refractivity contribution in [2.45, 2.75) is 71.6 Å². The van der Waals surface area contributed by atoms with E-state index < -0.39 is 12.1 Å². The maximum absolute atomic E-state index is 12.4. The molecule has 2 rings (SSSR count). The molecule has 34 heavy (non-hydrogen) atoms. The molecule has 0 unspecified atom stereocenters. The Labute approximate surface area is 201 Å². The van der Waals surface area contributed by atoms with Gasteiger partial charge in [0.2, 0.25) is 0 Å². The van der Waals surface area contributed by atoms with Gasteiger partial charge in [0.05, 0.1) is 24.1 Å². The van der Waals surface area contributed by atoms with Crippen molar-refractivity contribution in [3.05, 3.63) is 59.2 Å². The molecule has 184 valence electrons. The summed E-state index contributed by atoms with van der Waals surface area (Å²) < 4.78 is 10.5. The molecule has 0 aliphatic rings. The smallest absolute Gasteiger partial charge is 0.365 e. The molecular formula is C27H34NO6-. The summed E-state index contributed by atoms with van der Waals surface area (Å²) >= 11 is 0. The molecule has 0 saturated carbocycles. The van der Waals surface area contributed by atoms with Crippen molar-refractivity contribution in [3.63, 3.8) is 0 Å². The van der Waals surface area contributed by atoms with Crippen molar-refractivity contribution in [1.82, 2.24) is 0 Å². The number of unbranched alkanes of at least 4 members (excludes halogenated alkanes) is 6. The SMILES string of the molecule is CCCCCCOc1ccc(C=NOC(=O)c2ccc(OC(=O)[O-])c(CCCCCC)c2)cc1. The molecule has 0 fully saturated rings. The zero-order valence-electron chi connectivity index (χ0n) is 20.1. The van der Waals surface area contributed by atoms with Gasteiger partial charge in [-0.25, -0.2) is 4.79 Å². The van der Waals surface area contributed by atoms with Gasteiger partial charge in [0.25, 0.3) is 6.16 Å². The van der Waals surface area contributed by atoms with Crippen LogP contribution in [0.2, 0.25) is 0 Å². The minimum Gasteiger partial charge on any atom is -0.514 e. The molecule has 0 radical (unpaired) electrons. The highest BCUT2D eigenvalue weighted by atomic mass is 16.7. The molecule has 2 aromatic carbocycles. The van der Waals surface area contributed by atoms with Crippen LogP contribution in [0.15, 0.2) is 47.6 Å². The summed E-state index contributed by atoms with van der Waals surface area (Å²) in [4.78, 5) is 28.3. The third-order valence-corrected chi connectivity index (χ3v) is 5.27. The van der Waals surface area contributed by atoms with E-state index >= 15 is 0 Å². The first-order valence-electron chi connectivity index (χ1n) is 12.0. The van der Waals surface area contributed by atoms with Crippen molar-refractivity contribution in [3.8, 4) is 11.5 Å². The number of nitrogens with zero attached hydrogens (tertiary/aromatic N) is 1. The number of carbonyl (C=O) groups excluding carboxylic acids is 2. The Balaban J connectivity index is 1.91. The number of aryl methyl sites for hydroxylation is 1. The second kappa shape index (κ2) is 15.5. The molecule has 0 saturated heterocycles. The highest BCUT2D eigenvalue weighted by Crippen LogP contribution is 2.23. The summed E-state index contributed by atoms with van der Waals surface area (Å²) in [5.41, 5.74) is 1.64. The quantitative estimate of drug-likeness (QED) is 0.0833. The lowest BCUT2D eigenvalue weighted by Gasteiger charge is -2.14. The third-order valence-electron chi connectivity index (χ3n) is 5.27. The van der Waals surface area contributed by atoms with E-state index in [0.29, 0.717) is 18.6 Å². The first kappa shape index (κ1) is 26.9. The second-order valence-corrected chi connectivity index (χ2v) is 8.08. The summed E-state index contributed by atoms with van der Waals surface area (Å²) in [5, 5.41) is 14.6. The van der Waals surface area contributed by atoms with Crippen LogP contribution in [0.25, 0.3) is 0 Å². The fourth-order valence-corrected chi connectivity index (χ4v) is 3.39. The Morgan fingerprint density at radius 3 is 2.29 bits per heavy atom. The Morgan fingerprint density at radius 1 is 0.912 bits per heavy atom. The van der Waals surface area contributed by atoms with Crippen LogP contribution in [-0.2, 0) is 11.3 Å². The minimum atomic E-state index is -1.64. The molecular weight excluding hydrogens is 434 g/mol. The van der Waals surface area contributed by atoms with Gasteiger partial charge >= 0.3 is 5.97 Å². The molecule has 0 atom stereocenters. The van der Waals surface area contributed by atoms with E-state index in [0.717, 1.165) is 43.4 Å². The fraction of sp³-hybridized carbons (Fsp3) is 0.444. The normalized spacial score (nSPS) is 10.9. The summed E-state index contributed by atoms with van der Waals surface area (Å²) in [6, 6.07) is 11.8. The molecule has 0 heterocycles. The maximum atomic E-state index is 12.4. The molecule has 0 bridgehead atoms. The number of rotatable bonds is 15. The number of hydrogen-bond acceptors (Lipinski definition) is 7. The van der Waals surface area contributed by atoms with Crippen LogP contribution in [0.3, 0.4) is 0 Å². The number of carbonyl (C=O) groups is 2. The van der Waals surface area contributed by atoms with E-state index in [2.05, 4.69) is 19.0 Å². The van der Waals surface area contributed by atoms with Gasteiger partial charge in [0.1, 0.15) is 5.75 Å². The summed E-state index contributed by atoms with van der Waals surface area (Å²) in [7, 11) is 0. The van der Waals surface area contributed by atoms with Gasteiger partial charge in [0, 0.05) is 0 Å². The Hall–Kier alpha value is -3.35. The van der Waals surface area contributed by atoms with Gasteiger partial charge in [-0.3, -0.25) is 0 Å². The Kier molecular flexibility index (Phi) is 12.2. The fourth-order valence-electron chi connectivity index (χ4n) is 3.39. The number of carboxylic acid groups (broad SMARTS) is 1. The van der Waals surface area contributed by atoms with Gasteiger partial charge < -0.3 is 24.2 Å². The van der Waals surface area contributed by atoms with E-state index in [-0.39, 0.29) is 11.3 Å². The maximum Gasteiger partial charge on any atom is 0.365 e. The van der Waals surface area contributed by atoms with Crippen LogP contribution < -0.4 is 14.6 Å². The molecule has 0 aliphatic carbocycles. The summed E-state index contributed by atoms with van der Waals surface area (Å²) in [6.07, 6.45) is 9.03. The number of hydrogen-bond donors (Lipinski definition) is 0. The van der Waals surface area contributed by atoms with E-state index in [1.807, 2.05) is 24.3 Å². The molecule has 0 amide bonds. The first-order valence-corrected chi connectivity index (χ1v) is 12.0. The zero-order chi connectivity index (χ0) is 24.6. The highest BCUT2D eigenvalue weighted by Gasteiger charge is 2.11. The van der Waals surface area contributed by atoms with Crippen molar-refractivity contribution in [2.75, 3.05) is 6.61 Å². The lowest BCUT2D eigenvalue weighted by molar-refractivity contribution is -0.271. The van der Waals surface area contributed by atoms with Crippen molar-refractivity contribution >= 4 is 18.3 Å². The van der Waals surface area contributed by atoms with Crippen LogP contribution in [0.5, 0.6) is 11.5 Å². The molecule has 2 aromatic rings. The third kappa shape index (κ3) is 10.1. The van der Waals surface area contributed by atoms with Crippen LogP contribution in [0.1, 0.15) is 86.7 Å². The molecule has 0 aromatic heterocycles. The zero-order valence-corrected chi connectivity index (χ0v) is 20.1. The molecule has 0 N–H and O–H groups in total. The largest absolute Gasteiger partial charge is 0.514 e. The molecule has 0 aliphatic heterocycles. The average Bonchev–Trinajstić information content (AvgIpc) is 2.83. The molecule has 7 nitrogen and oxygen atoms in total. The van der Waals surface area contributed by atoms with E-state index in [4.69, 9.17) is 14.3 Å². The van der Waals surface area contributed by atoms with Crippen LogP contribution in [-0.4, -0.2) is 24.9 Å².